The van der Waals surface area contributed by atoms with Gasteiger partial charge >= 0.3 is 0 Å². The number of benzene rings is 1. The first-order chi connectivity index (χ1) is 7.15. The molecule has 0 heterocycles. The molecule has 1 rings (SSSR count). The molecule has 0 fully saturated rings. The lowest BCUT2D eigenvalue weighted by Gasteiger charge is -2.06. The van der Waals surface area contributed by atoms with E-state index in [4.69, 9.17) is 0 Å². The zero-order valence-corrected chi connectivity index (χ0v) is 7.84. The molecular formula is C10H10FNO3. The first kappa shape index (κ1) is 11.3. The highest BCUT2D eigenvalue weighted by atomic mass is 19.1. The lowest BCUT2D eigenvalue weighted by atomic mass is 10.1. The van der Waals surface area contributed by atoms with E-state index in [-0.39, 0.29) is 12.1 Å². The average molecular weight is 211 g/mol. The van der Waals surface area contributed by atoms with Gasteiger partial charge in [0, 0.05) is 12.1 Å². The van der Waals surface area contributed by atoms with Crippen molar-refractivity contribution < 1.29 is 14.4 Å². The van der Waals surface area contributed by atoms with Crippen molar-refractivity contribution in [3.8, 4) is 0 Å². The Bertz CT molecular complexity index is 361. The highest BCUT2D eigenvalue weighted by Crippen LogP contribution is 2.20. The molecule has 15 heavy (non-hydrogen) atoms. The van der Waals surface area contributed by atoms with Gasteiger partial charge in [0.05, 0.1) is 17.4 Å². The highest BCUT2D eigenvalue weighted by molar-refractivity contribution is 5.33. The maximum atomic E-state index is 11.7. The van der Waals surface area contributed by atoms with Gasteiger partial charge in [-0.1, -0.05) is 6.08 Å². The van der Waals surface area contributed by atoms with E-state index in [1.54, 1.807) is 0 Å². The molecule has 1 atom stereocenters. The van der Waals surface area contributed by atoms with E-state index in [0.29, 0.717) is 11.9 Å². The molecule has 0 spiro atoms. The van der Waals surface area contributed by atoms with Crippen LogP contribution in [-0.2, 0) is 0 Å². The van der Waals surface area contributed by atoms with Gasteiger partial charge in [-0.15, -0.1) is 0 Å². The first-order valence-corrected chi connectivity index (χ1v) is 4.33. The Kier molecular flexibility index (Phi) is 3.93. The van der Waals surface area contributed by atoms with E-state index in [2.05, 4.69) is 0 Å². The average Bonchev–Trinajstić information content (AvgIpc) is 2.26. The zero-order chi connectivity index (χ0) is 11.3. The maximum Gasteiger partial charge on any atom is 0.269 e. The van der Waals surface area contributed by atoms with E-state index >= 15 is 0 Å². The summed E-state index contributed by atoms with van der Waals surface area (Å²) in [6.07, 6.45) is 0.854. The third-order valence-electron chi connectivity index (χ3n) is 1.94. The van der Waals surface area contributed by atoms with Gasteiger partial charge < -0.3 is 5.11 Å². The Labute approximate surface area is 85.8 Å². The standard InChI is InChI=1S/C10H10FNO3/c11-7-1-2-10(13)8-3-5-9(6-4-8)12(14)15/h1,3-7,10,13H,2H2/b7-1-/t10-/m1/s1. The number of hydrogen-bond acceptors (Lipinski definition) is 3. The van der Waals surface area contributed by atoms with Gasteiger partial charge in [0.25, 0.3) is 5.69 Å². The Morgan fingerprint density at radius 2 is 2.07 bits per heavy atom. The molecule has 0 saturated heterocycles. The third kappa shape index (κ3) is 3.14. The van der Waals surface area contributed by atoms with Crippen LogP contribution in [0.1, 0.15) is 18.1 Å². The zero-order valence-electron chi connectivity index (χ0n) is 7.84. The van der Waals surface area contributed by atoms with Gasteiger partial charge in [-0.25, -0.2) is 4.39 Å². The quantitative estimate of drug-likeness (QED) is 0.614. The molecule has 1 aromatic rings. The number of aliphatic hydroxyl groups is 1. The van der Waals surface area contributed by atoms with E-state index in [1.807, 2.05) is 0 Å². The molecule has 0 radical (unpaired) electrons. The van der Waals surface area contributed by atoms with Crippen molar-refractivity contribution in [3.05, 3.63) is 52.3 Å². The fourth-order valence-corrected chi connectivity index (χ4v) is 1.13. The molecule has 4 nitrogen and oxygen atoms in total. The lowest BCUT2D eigenvalue weighted by molar-refractivity contribution is -0.384. The Morgan fingerprint density at radius 3 is 2.53 bits per heavy atom. The van der Waals surface area contributed by atoms with Crippen LogP contribution < -0.4 is 0 Å². The summed E-state index contributed by atoms with van der Waals surface area (Å²) < 4.78 is 11.7. The van der Waals surface area contributed by atoms with Gasteiger partial charge in [0.1, 0.15) is 0 Å². The third-order valence-corrected chi connectivity index (χ3v) is 1.94. The van der Waals surface area contributed by atoms with Crippen molar-refractivity contribution in [2.45, 2.75) is 12.5 Å². The number of aliphatic hydroxyl groups excluding tert-OH is 1. The van der Waals surface area contributed by atoms with Crippen molar-refractivity contribution in [3.63, 3.8) is 0 Å². The van der Waals surface area contributed by atoms with Gasteiger partial charge in [0.15, 0.2) is 0 Å². The topological polar surface area (TPSA) is 63.4 Å². The predicted octanol–water partition coefficient (Wildman–Crippen LogP) is 2.50. The lowest BCUT2D eigenvalue weighted by Crippen LogP contribution is -1.96. The van der Waals surface area contributed by atoms with E-state index in [9.17, 15) is 19.6 Å². The van der Waals surface area contributed by atoms with Crippen molar-refractivity contribution in [1.29, 1.82) is 0 Å². The van der Waals surface area contributed by atoms with Crippen LogP contribution in [0.3, 0.4) is 0 Å². The second kappa shape index (κ2) is 5.21. The van der Waals surface area contributed by atoms with Gasteiger partial charge in [-0.05, 0) is 24.1 Å². The van der Waals surface area contributed by atoms with Crippen molar-refractivity contribution in [1.82, 2.24) is 0 Å². The number of non-ortho nitro benzene ring substituents is 1. The van der Waals surface area contributed by atoms with Crippen LogP contribution in [-0.4, -0.2) is 10.0 Å². The van der Waals surface area contributed by atoms with Gasteiger partial charge in [-0.2, -0.15) is 0 Å². The highest BCUT2D eigenvalue weighted by Gasteiger charge is 2.08. The van der Waals surface area contributed by atoms with E-state index < -0.39 is 11.0 Å². The molecular weight excluding hydrogens is 201 g/mol. The van der Waals surface area contributed by atoms with Crippen LogP contribution in [0.4, 0.5) is 10.1 Å². The first-order valence-electron chi connectivity index (χ1n) is 4.33. The summed E-state index contributed by atoms with van der Waals surface area (Å²) in [5.74, 6) is 0. The van der Waals surface area contributed by atoms with Crippen LogP contribution in [0.15, 0.2) is 36.7 Å². The number of nitro benzene ring substituents is 1. The summed E-state index contributed by atoms with van der Waals surface area (Å²) in [6.45, 7) is 0. The van der Waals surface area contributed by atoms with Crippen molar-refractivity contribution in [2.24, 2.45) is 0 Å². The molecule has 1 aromatic carbocycles. The minimum absolute atomic E-state index is 0.0352. The monoisotopic (exact) mass is 211 g/mol. The van der Waals surface area contributed by atoms with Crippen LogP contribution in [0.2, 0.25) is 0 Å². The number of rotatable bonds is 4. The number of halogens is 1. The van der Waals surface area contributed by atoms with Crippen molar-refractivity contribution in [2.75, 3.05) is 0 Å². The SMILES string of the molecule is O=[N+]([O-])c1ccc([C@H](O)C/C=C\F)cc1. The maximum absolute atomic E-state index is 11.7. The summed E-state index contributed by atoms with van der Waals surface area (Å²) in [5.41, 5.74) is 0.491. The molecule has 80 valence electrons. The van der Waals surface area contributed by atoms with Gasteiger partial charge in [0.2, 0.25) is 0 Å². The normalized spacial score (nSPS) is 12.9. The summed E-state index contributed by atoms with van der Waals surface area (Å²) in [5, 5.41) is 19.8. The molecule has 0 bridgehead atoms. The van der Waals surface area contributed by atoms with Crippen LogP contribution in [0.5, 0.6) is 0 Å². The fourth-order valence-electron chi connectivity index (χ4n) is 1.13. The predicted molar refractivity (Wildman–Crippen MR) is 52.9 cm³/mol. The summed E-state index contributed by atoms with van der Waals surface area (Å²) in [6, 6.07) is 5.51. The summed E-state index contributed by atoms with van der Waals surface area (Å²) >= 11 is 0. The molecule has 1 N–H and O–H groups in total. The number of nitro groups is 1. The molecule has 0 aliphatic rings. The Balaban J connectivity index is 2.75. The molecule has 0 saturated carbocycles. The number of nitrogens with zero attached hydrogens (tertiary/aromatic N) is 1. The fraction of sp³-hybridized carbons (Fsp3) is 0.200. The second-order valence-electron chi connectivity index (χ2n) is 2.96. The summed E-state index contributed by atoms with van der Waals surface area (Å²) in [7, 11) is 0. The van der Waals surface area contributed by atoms with E-state index in [0.717, 1.165) is 0 Å². The Morgan fingerprint density at radius 1 is 1.47 bits per heavy atom. The second-order valence-corrected chi connectivity index (χ2v) is 2.96. The molecule has 0 amide bonds. The van der Waals surface area contributed by atoms with Crippen LogP contribution >= 0.6 is 0 Å². The number of hydrogen-bond donors (Lipinski definition) is 1. The molecule has 0 aliphatic carbocycles. The molecule has 5 heteroatoms. The smallest absolute Gasteiger partial charge is 0.269 e. The molecule has 0 unspecified atom stereocenters. The van der Waals surface area contributed by atoms with Crippen molar-refractivity contribution >= 4 is 5.69 Å². The van der Waals surface area contributed by atoms with E-state index in [1.165, 1.54) is 30.3 Å². The minimum Gasteiger partial charge on any atom is -0.388 e. The van der Waals surface area contributed by atoms with Crippen LogP contribution in [0.25, 0.3) is 0 Å². The van der Waals surface area contributed by atoms with Gasteiger partial charge in [-0.3, -0.25) is 10.1 Å². The molecule has 0 aromatic heterocycles. The van der Waals surface area contributed by atoms with Crippen LogP contribution in [0, 0.1) is 10.1 Å². The Hall–Kier alpha value is -1.75. The largest absolute Gasteiger partial charge is 0.388 e. The minimum atomic E-state index is -0.835. The molecule has 0 aliphatic heterocycles. The summed E-state index contributed by atoms with van der Waals surface area (Å²) in [4.78, 5) is 9.82.